The van der Waals surface area contributed by atoms with E-state index in [0.717, 1.165) is 5.56 Å². The molecule has 5 rings (SSSR count). The number of carbonyl (C=O) groups is 5. The van der Waals surface area contributed by atoms with Crippen LogP contribution in [0.3, 0.4) is 0 Å². The molecular weight excluding hydrogens is 490 g/mol. The summed E-state index contributed by atoms with van der Waals surface area (Å²) in [4.78, 5) is 71.5. The van der Waals surface area contributed by atoms with Crippen LogP contribution < -0.4 is 5.73 Å². The van der Waals surface area contributed by atoms with Gasteiger partial charge in [0.15, 0.2) is 34.7 Å². The first kappa shape index (κ1) is 25.6. The lowest BCUT2D eigenvalue weighted by atomic mass is 9.52. The third-order valence-corrected chi connectivity index (χ3v) is 8.14. The molecule has 1 heterocycles. The van der Waals surface area contributed by atoms with Crippen LogP contribution in [-0.4, -0.2) is 74.9 Å². The summed E-state index contributed by atoms with van der Waals surface area (Å²) >= 11 is 0. The predicted octanol–water partition coefficient (Wildman–Crippen LogP) is 0.432. The summed E-state index contributed by atoms with van der Waals surface area (Å²) < 4.78 is 0. The normalized spacial score (nSPS) is 30.8. The summed E-state index contributed by atoms with van der Waals surface area (Å²) in [6.07, 6.45) is 7.14. The second-order valence-electron chi connectivity index (χ2n) is 10.4. The van der Waals surface area contributed by atoms with Gasteiger partial charge in [0.2, 0.25) is 5.91 Å². The van der Waals surface area contributed by atoms with E-state index in [1.165, 1.54) is 11.0 Å². The molecule has 2 unspecified atom stereocenters. The van der Waals surface area contributed by atoms with Gasteiger partial charge in [-0.3, -0.25) is 33.9 Å². The monoisotopic (exact) mass is 517 g/mol. The molecule has 2 fully saturated rings. The van der Waals surface area contributed by atoms with E-state index in [4.69, 9.17) is 5.73 Å². The maximum atomic E-state index is 13.8. The molecule has 10 nitrogen and oxygen atoms in total. The Hall–Kier alpha value is -4.02. The Morgan fingerprint density at radius 1 is 1.08 bits per heavy atom. The van der Waals surface area contributed by atoms with Crippen LogP contribution in [0.5, 0.6) is 5.75 Å². The van der Waals surface area contributed by atoms with Crippen molar-refractivity contribution in [1.82, 2.24) is 9.88 Å². The number of ketones is 4. The number of aliphatic hydroxyl groups is 1. The number of fused-ring (bicyclic) bond motifs is 3. The summed E-state index contributed by atoms with van der Waals surface area (Å²) in [7, 11) is 3.10. The van der Waals surface area contributed by atoms with Crippen molar-refractivity contribution in [3.8, 4) is 5.75 Å². The van der Waals surface area contributed by atoms with Gasteiger partial charge >= 0.3 is 0 Å². The van der Waals surface area contributed by atoms with Crippen LogP contribution in [-0.2, 0) is 25.6 Å². The molecule has 3 aliphatic carbocycles. The van der Waals surface area contributed by atoms with Crippen molar-refractivity contribution in [2.45, 2.75) is 24.5 Å². The van der Waals surface area contributed by atoms with Crippen LogP contribution in [0.2, 0.25) is 0 Å². The minimum Gasteiger partial charge on any atom is -0.507 e. The van der Waals surface area contributed by atoms with Crippen molar-refractivity contribution < 1.29 is 34.2 Å². The molecule has 10 heteroatoms. The van der Waals surface area contributed by atoms with E-state index in [0.29, 0.717) is 11.1 Å². The van der Waals surface area contributed by atoms with Crippen LogP contribution >= 0.6 is 0 Å². The number of aromatic nitrogens is 1. The lowest BCUT2D eigenvalue weighted by Gasteiger charge is -2.52. The number of rotatable bonds is 4. The zero-order valence-corrected chi connectivity index (χ0v) is 20.8. The standard InChI is InChI=1S/C28H27N3O7/c1-31(2)22-17-12-15-11-16-14(4-3-13-7-9-30-10-8-13)5-6-18(32)20(16)23(33)19(15)25(35)28(17,38)26(36)21(24(22)34)27(29)37/h3-10,15,17,19,21-22,32,38H,11-12H2,1-2H3,(H2,29,37)/t15-,17-,19?,21?,22-,28-/m0/s1. The number of phenolic OH excluding ortho intramolecular Hbond substituents is 1. The van der Waals surface area contributed by atoms with Crippen LogP contribution in [0.25, 0.3) is 12.2 Å². The molecule has 0 spiro atoms. The fourth-order valence-electron chi connectivity index (χ4n) is 6.45. The number of primary amides is 1. The number of benzene rings is 1. The number of hydrogen-bond donors (Lipinski definition) is 3. The summed E-state index contributed by atoms with van der Waals surface area (Å²) in [6.45, 7) is 0. The highest BCUT2D eigenvalue weighted by Crippen LogP contribution is 2.51. The molecule has 0 saturated heterocycles. The van der Waals surface area contributed by atoms with Gasteiger partial charge in [0, 0.05) is 18.3 Å². The molecule has 0 aliphatic heterocycles. The van der Waals surface area contributed by atoms with Crippen molar-refractivity contribution in [3.63, 3.8) is 0 Å². The maximum absolute atomic E-state index is 13.8. The highest BCUT2D eigenvalue weighted by Gasteiger charge is 2.69. The van der Waals surface area contributed by atoms with E-state index in [1.54, 1.807) is 38.6 Å². The van der Waals surface area contributed by atoms with Crippen molar-refractivity contribution in [1.29, 1.82) is 0 Å². The highest BCUT2D eigenvalue weighted by atomic mass is 16.3. The van der Waals surface area contributed by atoms with Gasteiger partial charge in [-0.15, -0.1) is 0 Å². The van der Waals surface area contributed by atoms with E-state index < -0.39 is 64.4 Å². The zero-order valence-electron chi connectivity index (χ0n) is 20.8. The number of aromatic hydroxyl groups is 1. The van der Waals surface area contributed by atoms with Crippen molar-refractivity contribution >= 4 is 41.2 Å². The minimum atomic E-state index is -2.73. The molecule has 3 aliphatic rings. The van der Waals surface area contributed by atoms with Crippen molar-refractivity contribution in [3.05, 3.63) is 58.9 Å². The Labute approximate surface area is 218 Å². The smallest absolute Gasteiger partial charge is 0.235 e. The second kappa shape index (κ2) is 9.07. The highest BCUT2D eigenvalue weighted by molar-refractivity contribution is 6.32. The van der Waals surface area contributed by atoms with Crippen LogP contribution in [0.15, 0.2) is 36.7 Å². The number of nitrogens with two attached hydrogens (primary N) is 1. The van der Waals surface area contributed by atoms with Gasteiger partial charge in [-0.05, 0) is 67.7 Å². The van der Waals surface area contributed by atoms with Gasteiger partial charge in [-0.2, -0.15) is 0 Å². The predicted molar refractivity (Wildman–Crippen MR) is 135 cm³/mol. The molecule has 1 aromatic carbocycles. The molecular formula is C28H27N3O7. The summed E-state index contributed by atoms with van der Waals surface area (Å²) in [6, 6.07) is 5.52. The number of carbonyl (C=O) groups excluding carboxylic acids is 5. The molecule has 0 radical (unpaired) electrons. The quantitative estimate of drug-likeness (QED) is 0.487. The van der Waals surface area contributed by atoms with Crippen molar-refractivity contribution in [2.75, 3.05) is 14.1 Å². The number of pyridine rings is 1. The molecule has 4 N–H and O–H groups in total. The SMILES string of the molecule is CN(C)[C@@H]1C(=O)C(C(N)=O)C(=O)[C@@]2(O)C(=O)C3C(=O)c4c(O)ccc(C=Cc5ccncc5)c4C[C@H]3C[C@@H]12. The minimum absolute atomic E-state index is 0.00700. The average Bonchev–Trinajstić information content (AvgIpc) is 2.86. The number of amides is 1. The largest absolute Gasteiger partial charge is 0.507 e. The number of hydrogen-bond acceptors (Lipinski definition) is 9. The molecule has 1 aromatic heterocycles. The van der Waals surface area contributed by atoms with Gasteiger partial charge in [-0.25, -0.2) is 0 Å². The van der Waals surface area contributed by atoms with E-state index in [-0.39, 0.29) is 24.2 Å². The number of Topliss-reactive ketones (excluding diaryl/α,β-unsaturated/α-hetero) is 4. The van der Waals surface area contributed by atoms with Gasteiger partial charge < -0.3 is 15.9 Å². The van der Waals surface area contributed by atoms with Gasteiger partial charge in [-0.1, -0.05) is 18.2 Å². The lowest BCUT2D eigenvalue weighted by Crippen LogP contribution is -2.74. The first-order valence-corrected chi connectivity index (χ1v) is 12.3. The summed E-state index contributed by atoms with van der Waals surface area (Å²) in [5.74, 6) is -10.6. The first-order valence-electron chi connectivity index (χ1n) is 12.3. The van der Waals surface area contributed by atoms with Crippen molar-refractivity contribution in [2.24, 2.45) is 29.4 Å². The first-order chi connectivity index (χ1) is 18.0. The molecule has 2 saturated carbocycles. The average molecular weight is 518 g/mol. The summed E-state index contributed by atoms with van der Waals surface area (Å²) in [5, 5.41) is 22.2. The Bertz CT molecular complexity index is 1420. The number of likely N-dealkylation sites (N-methyl/N-ethyl adjacent to an activating group) is 1. The van der Waals surface area contributed by atoms with Gasteiger partial charge in [0.05, 0.1) is 17.5 Å². The van der Waals surface area contributed by atoms with E-state index >= 15 is 0 Å². The van der Waals surface area contributed by atoms with Gasteiger partial charge in [0.25, 0.3) is 0 Å². The van der Waals surface area contributed by atoms with Crippen LogP contribution in [0, 0.1) is 23.7 Å². The fourth-order valence-corrected chi connectivity index (χ4v) is 6.45. The van der Waals surface area contributed by atoms with Crippen LogP contribution in [0.1, 0.15) is 33.5 Å². The second-order valence-corrected chi connectivity index (χ2v) is 10.4. The van der Waals surface area contributed by atoms with E-state index in [2.05, 4.69) is 4.98 Å². The molecule has 1 amide bonds. The molecule has 196 valence electrons. The third-order valence-electron chi connectivity index (χ3n) is 8.14. The topological polar surface area (TPSA) is 168 Å². The molecule has 38 heavy (non-hydrogen) atoms. The van der Waals surface area contributed by atoms with Gasteiger partial charge in [0.1, 0.15) is 5.75 Å². The Balaban J connectivity index is 1.60. The Morgan fingerprint density at radius 3 is 2.39 bits per heavy atom. The Morgan fingerprint density at radius 2 is 1.76 bits per heavy atom. The molecule has 0 bridgehead atoms. The number of nitrogens with zero attached hydrogens (tertiary/aromatic N) is 2. The van der Waals surface area contributed by atoms with Crippen LogP contribution in [0.4, 0.5) is 0 Å². The zero-order chi connectivity index (χ0) is 27.5. The maximum Gasteiger partial charge on any atom is 0.235 e. The molecule has 6 atom stereocenters. The lowest BCUT2D eigenvalue weighted by molar-refractivity contribution is -0.181. The van der Waals surface area contributed by atoms with E-state index in [9.17, 15) is 34.2 Å². The van der Waals surface area contributed by atoms with E-state index in [1.807, 2.05) is 18.2 Å². The summed E-state index contributed by atoms with van der Waals surface area (Å²) in [5.41, 5.74) is 4.66. The third kappa shape index (κ3) is 3.63. The molecule has 2 aromatic rings. The Kier molecular flexibility index (Phi) is 6.12. The fraction of sp³-hybridized carbons (Fsp3) is 0.357. The number of phenols is 1.